The number of aromatic nitrogens is 1. The van der Waals surface area contributed by atoms with Crippen molar-refractivity contribution < 1.29 is 18.4 Å². The molecule has 2 amide bonds. The van der Waals surface area contributed by atoms with E-state index in [0.29, 0.717) is 30.8 Å². The van der Waals surface area contributed by atoms with Gasteiger partial charge in [-0.2, -0.15) is 11.8 Å². The molecule has 28 heavy (non-hydrogen) atoms. The molecule has 154 valence electrons. The molecule has 0 saturated carbocycles. The first-order chi connectivity index (χ1) is 13.2. The number of piperidine rings is 1. The first kappa shape index (κ1) is 20.8. The van der Waals surface area contributed by atoms with Gasteiger partial charge in [-0.3, -0.25) is 14.4 Å². The molecule has 1 aromatic heterocycles. The molecule has 1 saturated heterocycles. The number of nitrogens with zero attached hydrogens (tertiary/aromatic N) is 3. The van der Waals surface area contributed by atoms with Gasteiger partial charge in [0.05, 0.1) is 12.3 Å². The summed E-state index contributed by atoms with van der Waals surface area (Å²) in [5, 5.41) is 0. The van der Waals surface area contributed by atoms with Crippen LogP contribution in [-0.4, -0.2) is 63.2 Å². The van der Waals surface area contributed by atoms with Crippen LogP contribution < -0.4 is 5.56 Å². The molecule has 0 aliphatic carbocycles. The second-order valence-corrected chi connectivity index (χ2v) is 8.59. The molecule has 3 rings (SSSR count). The van der Waals surface area contributed by atoms with Crippen LogP contribution in [0, 0.1) is 0 Å². The topological polar surface area (TPSA) is 62.6 Å². The first-order valence-electron chi connectivity index (χ1n) is 9.47. The lowest BCUT2D eigenvalue weighted by molar-refractivity contribution is -0.129. The molecule has 9 heteroatoms. The van der Waals surface area contributed by atoms with Gasteiger partial charge in [-0.25, -0.2) is 8.78 Å². The van der Waals surface area contributed by atoms with Crippen LogP contribution in [0.25, 0.3) is 0 Å². The molecule has 0 bridgehead atoms. The summed E-state index contributed by atoms with van der Waals surface area (Å²) in [4.78, 5) is 40.8. The van der Waals surface area contributed by atoms with Crippen LogP contribution in [-0.2, 0) is 24.8 Å². The third-order valence-electron chi connectivity index (χ3n) is 5.24. The van der Waals surface area contributed by atoms with Gasteiger partial charge in [-0.1, -0.05) is 6.92 Å². The van der Waals surface area contributed by atoms with Crippen molar-refractivity contribution in [1.29, 1.82) is 0 Å². The van der Waals surface area contributed by atoms with Crippen LogP contribution in [0.3, 0.4) is 0 Å². The third-order valence-corrected chi connectivity index (χ3v) is 6.10. The van der Waals surface area contributed by atoms with Crippen molar-refractivity contribution in [3.05, 3.63) is 33.2 Å². The third kappa shape index (κ3) is 4.24. The summed E-state index contributed by atoms with van der Waals surface area (Å²) in [6.45, 7) is 2.29. The van der Waals surface area contributed by atoms with E-state index in [9.17, 15) is 23.2 Å². The lowest BCUT2D eigenvalue weighted by Crippen LogP contribution is -2.48. The van der Waals surface area contributed by atoms with E-state index in [1.54, 1.807) is 22.9 Å². The summed E-state index contributed by atoms with van der Waals surface area (Å²) in [5.41, 5.74) is 0.830. The van der Waals surface area contributed by atoms with E-state index < -0.39 is 23.9 Å². The van der Waals surface area contributed by atoms with Crippen molar-refractivity contribution in [3.63, 3.8) is 0 Å². The molecule has 2 aliphatic heterocycles. The molecule has 0 N–H and O–H groups in total. The van der Waals surface area contributed by atoms with E-state index in [0.717, 1.165) is 16.2 Å². The number of hydrogen-bond acceptors (Lipinski definition) is 4. The lowest BCUT2D eigenvalue weighted by Gasteiger charge is -2.34. The summed E-state index contributed by atoms with van der Waals surface area (Å²) in [6.07, 6.45) is 1.99. The summed E-state index contributed by atoms with van der Waals surface area (Å²) in [5.74, 6) is -2.28. The highest BCUT2D eigenvalue weighted by atomic mass is 32.2. The summed E-state index contributed by atoms with van der Waals surface area (Å²) >= 11 is 1.55. The number of halogens is 2. The highest BCUT2D eigenvalue weighted by molar-refractivity contribution is 7.99. The van der Waals surface area contributed by atoms with Crippen molar-refractivity contribution in [2.45, 2.75) is 38.7 Å². The number of hydrogen-bond donors (Lipinski definition) is 0. The van der Waals surface area contributed by atoms with Crippen LogP contribution in [0.5, 0.6) is 0 Å². The van der Waals surface area contributed by atoms with E-state index in [1.807, 2.05) is 6.92 Å². The van der Waals surface area contributed by atoms with Gasteiger partial charge in [0.1, 0.15) is 5.56 Å². The Morgan fingerprint density at radius 3 is 2.68 bits per heavy atom. The summed E-state index contributed by atoms with van der Waals surface area (Å²) < 4.78 is 28.8. The standard InChI is InChI=1S/C19H25F2N3O3S/c1-3-28-11-15(25)23-8-5-14-13(10-23)9-22(2)17(26)16(14)18(27)24-7-4-6-19(20,21)12-24/h9H,3-8,10-12H2,1-2H3. The number of alkyl halides is 2. The smallest absolute Gasteiger partial charge is 0.265 e. The summed E-state index contributed by atoms with van der Waals surface area (Å²) in [6, 6.07) is 0. The molecule has 0 aromatic carbocycles. The zero-order chi connectivity index (χ0) is 20.5. The number of thioether (sulfide) groups is 1. The number of amides is 2. The van der Waals surface area contributed by atoms with Crippen LogP contribution in [0.2, 0.25) is 0 Å². The van der Waals surface area contributed by atoms with E-state index in [4.69, 9.17) is 0 Å². The first-order valence-corrected chi connectivity index (χ1v) is 10.6. The minimum atomic E-state index is -2.92. The van der Waals surface area contributed by atoms with E-state index in [-0.39, 0.29) is 30.9 Å². The molecule has 6 nitrogen and oxygen atoms in total. The average molecular weight is 413 g/mol. The van der Waals surface area contributed by atoms with Crippen molar-refractivity contribution in [1.82, 2.24) is 14.4 Å². The van der Waals surface area contributed by atoms with Gasteiger partial charge < -0.3 is 14.4 Å². The minimum absolute atomic E-state index is 0.0206. The Morgan fingerprint density at radius 1 is 1.25 bits per heavy atom. The van der Waals surface area contributed by atoms with Gasteiger partial charge in [-0.15, -0.1) is 0 Å². The van der Waals surface area contributed by atoms with Crippen LogP contribution >= 0.6 is 11.8 Å². The Labute approximate surface area is 166 Å². The number of aryl methyl sites for hydroxylation is 1. The fourth-order valence-corrected chi connectivity index (χ4v) is 4.36. The SMILES string of the molecule is CCSCC(=O)N1CCc2c(cn(C)c(=O)c2C(=O)N2CCCC(F)(F)C2)C1. The number of fused-ring (bicyclic) bond motifs is 1. The summed E-state index contributed by atoms with van der Waals surface area (Å²) in [7, 11) is 1.54. The fourth-order valence-electron chi connectivity index (χ4n) is 3.80. The van der Waals surface area contributed by atoms with Gasteiger partial charge in [-0.05, 0) is 29.7 Å². The predicted molar refractivity (Wildman–Crippen MR) is 104 cm³/mol. The quantitative estimate of drug-likeness (QED) is 0.756. The Kier molecular flexibility index (Phi) is 6.12. The van der Waals surface area contributed by atoms with Gasteiger partial charge >= 0.3 is 0 Å². The van der Waals surface area contributed by atoms with E-state index in [1.165, 1.54) is 11.6 Å². The van der Waals surface area contributed by atoms with Crippen molar-refractivity contribution in [2.75, 3.05) is 31.1 Å². The monoisotopic (exact) mass is 413 g/mol. The lowest BCUT2D eigenvalue weighted by atomic mass is 9.95. The Morgan fingerprint density at radius 2 is 2.00 bits per heavy atom. The van der Waals surface area contributed by atoms with Crippen molar-refractivity contribution >= 4 is 23.6 Å². The molecular formula is C19H25F2N3O3S. The van der Waals surface area contributed by atoms with Gasteiger partial charge in [0, 0.05) is 39.3 Å². The number of likely N-dealkylation sites (tertiary alicyclic amines) is 1. The molecular weight excluding hydrogens is 388 g/mol. The highest BCUT2D eigenvalue weighted by Crippen LogP contribution is 2.28. The zero-order valence-electron chi connectivity index (χ0n) is 16.2. The largest absolute Gasteiger partial charge is 0.337 e. The molecule has 0 atom stereocenters. The molecule has 3 heterocycles. The Bertz CT molecular complexity index is 840. The Hall–Kier alpha value is -1.90. The predicted octanol–water partition coefficient (Wildman–Crippen LogP) is 1.89. The van der Waals surface area contributed by atoms with Crippen LogP contribution in [0.4, 0.5) is 8.78 Å². The molecule has 2 aliphatic rings. The number of carbonyl (C=O) groups is 2. The second kappa shape index (κ2) is 8.23. The van der Waals surface area contributed by atoms with Gasteiger partial charge in [0.25, 0.3) is 17.4 Å². The molecule has 0 radical (unpaired) electrons. The molecule has 1 fully saturated rings. The molecule has 0 spiro atoms. The number of pyridine rings is 1. The van der Waals surface area contributed by atoms with E-state index >= 15 is 0 Å². The van der Waals surface area contributed by atoms with Crippen molar-refractivity contribution in [3.8, 4) is 0 Å². The van der Waals surface area contributed by atoms with Gasteiger partial charge in [0.15, 0.2) is 0 Å². The highest BCUT2D eigenvalue weighted by Gasteiger charge is 2.39. The van der Waals surface area contributed by atoms with Crippen LogP contribution in [0.15, 0.2) is 11.0 Å². The minimum Gasteiger partial charge on any atom is -0.337 e. The van der Waals surface area contributed by atoms with Gasteiger partial charge in [0.2, 0.25) is 5.91 Å². The number of rotatable bonds is 4. The van der Waals surface area contributed by atoms with Crippen molar-refractivity contribution in [2.24, 2.45) is 7.05 Å². The van der Waals surface area contributed by atoms with E-state index in [2.05, 4.69) is 0 Å². The molecule has 0 unspecified atom stereocenters. The fraction of sp³-hybridized carbons (Fsp3) is 0.632. The zero-order valence-corrected chi connectivity index (χ0v) is 17.0. The molecule has 1 aromatic rings. The maximum Gasteiger partial charge on any atom is 0.265 e. The number of carbonyl (C=O) groups excluding carboxylic acids is 2. The second-order valence-electron chi connectivity index (χ2n) is 7.31. The maximum atomic E-state index is 13.8. The van der Waals surface area contributed by atoms with Crippen LogP contribution in [0.1, 0.15) is 41.3 Å². The maximum absolute atomic E-state index is 13.8. The Balaban J connectivity index is 1.90. The average Bonchev–Trinajstić information content (AvgIpc) is 2.65. The normalized spacial score (nSPS) is 18.7.